The number of nitrogens with zero attached hydrogens (tertiary/aromatic N) is 2. The van der Waals surface area contributed by atoms with Crippen LogP contribution in [-0.2, 0) is 11.2 Å². The third-order valence-corrected chi connectivity index (χ3v) is 6.30. The molecule has 2 aromatic rings. The van der Waals surface area contributed by atoms with Gasteiger partial charge in [0.05, 0.1) is 11.1 Å². The topological polar surface area (TPSA) is 84.4 Å². The molecule has 2 amide bonds. The van der Waals surface area contributed by atoms with Gasteiger partial charge in [0, 0.05) is 30.3 Å². The summed E-state index contributed by atoms with van der Waals surface area (Å²) < 4.78 is 0. The van der Waals surface area contributed by atoms with Crippen LogP contribution in [0, 0.1) is 6.92 Å². The lowest BCUT2D eigenvalue weighted by molar-refractivity contribution is -0.128. The van der Waals surface area contributed by atoms with E-state index in [9.17, 15) is 19.2 Å². The Hall–Kier alpha value is -3.41. The SMILES string of the molecule is C=C1CC[C@](C)(N2C(=O)c3ccc(CCC(=O)c4ccc(C)nc4)cc3C2=O)C(=O)C1. The molecule has 1 atom stereocenters. The summed E-state index contributed by atoms with van der Waals surface area (Å²) in [6.45, 7) is 7.39. The molecule has 6 nitrogen and oxygen atoms in total. The third-order valence-electron chi connectivity index (χ3n) is 6.30. The van der Waals surface area contributed by atoms with Crippen LogP contribution in [0.25, 0.3) is 0 Å². The van der Waals surface area contributed by atoms with Crippen molar-refractivity contribution in [2.45, 2.75) is 51.5 Å². The van der Waals surface area contributed by atoms with Gasteiger partial charge < -0.3 is 0 Å². The Labute approximate surface area is 181 Å². The molecule has 158 valence electrons. The van der Waals surface area contributed by atoms with Gasteiger partial charge in [-0.2, -0.15) is 0 Å². The normalized spacial score (nSPS) is 20.9. The highest BCUT2D eigenvalue weighted by Gasteiger charge is 2.51. The van der Waals surface area contributed by atoms with Gasteiger partial charge in [0.1, 0.15) is 5.54 Å². The van der Waals surface area contributed by atoms with Crippen molar-refractivity contribution in [3.05, 3.63) is 76.6 Å². The molecule has 0 saturated heterocycles. The first kappa shape index (κ1) is 20.8. The number of pyridine rings is 1. The fourth-order valence-electron chi connectivity index (χ4n) is 4.23. The van der Waals surface area contributed by atoms with Crippen LogP contribution in [0.4, 0.5) is 0 Å². The fourth-order valence-corrected chi connectivity index (χ4v) is 4.23. The van der Waals surface area contributed by atoms with Crippen molar-refractivity contribution >= 4 is 23.4 Å². The highest BCUT2D eigenvalue weighted by molar-refractivity contribution is 6.23. The molecule has 0 unspecified atom stereocenters. The standard InChI is InChI=1S/C25H24N2O4/c1-15-10-11-25(3,22(29)12-15)27-23(30)19-8-5-17(13-20(19)24(27)31)6-9-21(28)18-7-4-16(2)26-14-18/h4-5,7-8,13-14H,1,6,9-12H2,2-3H3/t25-/m0/s1. The predicted octanol–water partition coefficient (Wildman–Crippen LogP) is 3.87. The molecule has 0 spiro atoms. The molecule has 2 aliphatic rings. The predicted molar refractivity (Wildman–Crippen MR) is 115 cm³/mol. The molecule has 1 aromatic carbocycles. The molecular weight excluding hydrogens is 392 g/mol. The second-order valence-electron chi connectivity index (χ2n) is 8.56. The molecule has 31 heavy (non-hydrogen) atoms. The lowest BCUT2D eigenvalue weighted by atomic mass is 9.78. The van der Waals surface area contributed by atoms with Crippen molar-refractivity contribution in [1.82, 2.24) is 9.88 Å². The highest BCUT2D eigenvalue weighted by atomic mass is 16.2. The fraction of sp³-hybridized carbons (Fsp3) is 0.320. The first-order valence-electron chi connectivity index (χ1n) is 10.4. The van der Waals surface area contributed by atoms with E-state index >= 15 is 0 Å². The van der Waals surface area contributed by atoms with E-state index in [1.54, 1.807) is 43.5 Å². The van der Waals surface area contributed by atoms with Crippen molar-refractivity contribution < 1.29 is 19.2 Å². The van der Waals surface area contributed by atoms with Gasteiger partial charge in [-0.3, -0.25) is 29.1 Å². The van der Waals surface area contributed by atoms with E-state index < -0.39 is 17.4 Å². The smallest absolute Gasteiger partial charge is 0.262 e. The van der Waals surface area contributed by atoms with Gasteiger partial charge >= 0.3 is 0 Å². The Bertz CT molecular complexity index is 1130. The number of aryl methyl sites for hydroxylation is 2. The van der Waals surface area contributed by atoms with Gasteiger partial charge in [0.2, 0.25) is 0 Å². The molecule has 2 heterocycles. The van der Waals surface area contributed by atoms with Crippen molar-refractivity contribution in [2.75, 3.05) is 0 Å². The number of hydrogen-bond donors (Lipinski definition) is 0. The number of imide groups is 1. The molecule has 6 heteroatoms. The number of ketones is 2. The maximum atomic E-state index is 13.1. The van der Waals surface area contributed by atoms with Crippen molar-refractivity contribution in [2.24, 2.45) is 0 Å². The Kier molecular flexibility index (Phi) is 5.17. The number of benzene rings is 1. The zero-order chi connectivity index (χ0) is 22.3. The quantitative estimate of drug-likeness (QED) is 0.420. The highest BCUT2D eigenvalue weighted by Crippen LogP contribution is 2.38. The van der Waals surface area contributed by atoms with Crippen LogP contribution in [0.2, 0.25) is 0 Å². The van der Waals surface area contributed by atoms with Gasteiger partial charge in [0.15, 0.2) is 11.6 Å². The van der Waals surface area contributed by atoms with Gasteiger partial charge in [-0.15, -0.1) is 0 Å². The Morgan fingerprint density at radius 1 is 1.13 bits per heavy atom. The van der Waals surface area contributed by atoms with E-state index in [-0.39, 0.29) is 24.4 Å². The molecule has 1 fully saturated rings. The van der Waals surface area contributed by atoms with E-state index in [2.05, 4.69) is 11.6 Å². The zero-order valence-corrected chi connectivity index (χ0v) is 17.7. The van der Waals surface area contributed by atoms with Gasteiger partial charge in [-0.25, -0.2) is 0 Å². The zero-order valence-electron chi connectivity index (χ0n) is 17.7. The molecule has 4 rings (SSSR count). The van der Waals surface area contributed by atoms with Crippen LogP contribution in [-0.4, -0.2) is 38.8 Å². The van der Waals surface area contributed by atoms with Crippen molar-refractivity contribution in [1.29, 1.82) is 0 Å². The lowest BCUT2D eigenvalue weighted by Crippen LogP contribution is -2.56. The molecule has 0 N–H and O–H groups in total. The third kappa shape index (κ3) is 3.63. The Balaban J connectivity index is 1.53. The minimum Gasteiger partial charge on any atom is -0.297 e. The summed E-state index contributed by atoms with van der Waals surface area (Å²) in [7, 11) is 0. The van der Waals surface area contributed by atoms with E-state index in [1.807, 2.05) is 6.92 Å². The monoisotopic (exact) mass is 416 g/mol. The maximum absolute atomic E-state index is 13.1. The molecular formula is C25H24N2O4. The lowest BCUT2D eigenvalue weighted by Gasteiger charge is -2.39. The summed E-state index contributed by atoms with van der Waals surface area (Å²) in [6.07, 6.45) is 3.46. The molecule has 1 aromatic heterocycles. The van der Waals surface area contributed by atoms with Crippen LogP contribution in [0.1, 0.15) is 74.9 Å². The molecule has 0 radical (unpaired) electrons. The van der Waals surface area contributed by atoms with Crippen LogP contribution in [0.15, 0.2) is 48.7 Å². The maximum Gasteiger partial charge on any atom is 0.262 e. The minimum atomic E-state index is -1.15. The number of amides is 2. The van der Waals surface area contributed by atoms with E-state index in [0.717, 1.165) is 21.7 Å². The van der Waals surface area contributed by atoms with Crippen LogP contribution in [0.3, 0.4) is 0 Å². The first-order valence-corrected chi connectivity index (χ1v) is 10.4. The molecule has 0 bridgehead atoms. The van der Waals surface area contributed by atoms with E-state index in [4.69, 9.17) is 0 Å². The molecule has 1 saturated carbocycles. The molecule has 1 aliphatic heterocycles. The van der Waals surface area contributed by atoms with E-state index in [0.29, 0.717) is 36.0 Å². The van der Waals surface area contributed by atoms with E-state index in [1.165, 1.54) is 0 Å². The molecule has 1 aliphatic carbocycles. The second kappa shape index (κ2) is 7.69. The second-order valence-corrected chi connectivity index (χ2v) is 8.56. The van der Waals surface area contributed by atoms with Crippen LogP contribution < -0.4 is 0 Å². The number of rotatable bonds is 5. The van der Waals surface area contributed by atoms with Crippen molar-refractivity contribution in [3.8, 4) is 0 Å². The summed E-state index contributed by atoms with van der Waals surface area (Å²) in [5.41, 5.74) is 2.47. The summed E-state index contributed by atoms with van der Waals surface area (Å²) in [4.78, 5) is 56.5. The first-order chi connectivity index (χ1) is 14.7. The average molecular weight is 416 g/mol. The number of Topliss-reactive ketones (excluding diaryl/α,β-unsaturated/α-hetero) is 2. The Morgan fingerprint density at radius 2 is 1.87 bits per heavy atom. The summed E-state index contributed by atoms with van der Waals surface area (Å²) in [5, 5.41) is 0. The number of allylic oxidation sites excluding steroid dienone is 1. The van der Waals surface area contributed by atoms with Crippen LogP contribution in [0.5, 0.6) is 0 Å². The number of fused-ring (bicyclic) bond motifs is 1. The largest absolute Gasteiger partial charge is 0.297 e. The number of carbonyl (C=O) groups excluding carboxylic acids is 4. The average Bonchev–Trinajstić information content (AvgIpc) is 3.00. The number of hydrogen-bond acceptors (Lipinski definition) is 5. The van der Waals surface area contributed by atoms with Gasteiger partial charge in [0.25, 0.3) is 11.8 Å². The summed E-state index contributed by atoms with van der Waals surface area (Å²) in [5.74, 6) is -1.07. The van der Waals surface area contributed by atoms with Crippen LogP contribution >= 0.6 is 0 Å². The summed E-state index contributed by atoms with van der Waals surface area (Å²) in [6, 6.07) is 8.61. The Morgan fingerprint density at radius 3 is 2.55 bits per heavy atom. The minimum absolute atomic E-state index is 0.0300. The number of carbonyl (C=O) groups is 4. The summed E-state index contributed by atoms with van der Waals surface area (Å²) >= 11 is 0. The van der Waals surface area contributed by atoms with Gasteiger partial charge in [-0.1, -0.05) is 18.2 Å². The van der Waals surface area contributed by atoms with Gasteiger partial charge in [-0.05, 0) is 62.9 Å². The number of aromatic nitrogens is 1. The van der Waals surface area contributed by atoms with Crippen molar-refractivity contribution in [3.63, 3.8) is 0 Å².